The smallest absolute Gasteiger partial charge is 0.0199 e. The lowest BCUT2D eigenvalue weighted by atomic mass is 10.1. The van der Waals surface area contributed by atoms with Crippen molar-refractivity contribution in [2.75, 3.05) is 8.86 Å². The summed E-state index contributed by atoms with van der Waals surface area (Å²) in [4.78, 5) is 0. The summed E-state index contributed by atoms with van der Waals surface area (Å²) in [5, 5.41) is 0. The first-order valence-corrected chi connectivity index (χ1v) is 13.6. The third kappa shape index (κ3) is 23.2. The van der Waals surface area contributed by atoms with Gasteiger partial charge in [0.2, 0.25) is 0 Å². The summed E-state index contributed by atoms with van der Waals surface area (Å²) < 4.78 is 4.47. The molecule has 0 rings (SSSR count). The quantitative estimate of drug-likeness (QED) is 0.108. The molecule has 0 heterocycles. The number of hydrogen-bond donors (Lipinski definition) is 0. The topological polar surface area (TPSA) is 0 Å². The highest BCUT2D eigenvalue weighted by Crippen LogP contribution is 2.16. The van der Waals surface area contributed by atoms with E-state index in [1.54, 1.807) is 0 Å². The van der Waals surface area contributed by atoms with E-state index in [4.69, 9.17) is 0 Å². The number of unbranched alkanes of at least 4 members (excludes halogenated alkanes) is 5. The minimum absolute atomic E-state index is 0.912. The molecule has 0 radical (unpaired) electrons. The summed E-state index contributed by atoms with van der Waals surface area (Å²) in [6, 6.07) is 0. The molecule has 0 bridgehead atoms. The van der Waals surface area contributed by atoms with E-state index in [2.05, 4.69) is 104 Å². The van der Waals surface area contributed by atoms with Crippen LogP contribution in [0, 0.1) is 0 Å². The van der Waals surface area contributed by atoms with Crippen LogP contribution >= 0.6 is 90.4 Å². The zero-order valence-corrected chi connectivity index (χ0v) is 21.8. The Morgan fingerprint density at radius 3 is 1.65 bits per heavy atom. The molecule has 0 aliphatic rings. The Labute approximate surface area is 182 Å². The molecule has 0 fully saturated rings. The minimum Gasteiger partial charge on any atom is -0.0863 e. The van der Waals surface area contributed by atoms with Crippen molar-refractivity contribution in [1.82, 2.24) is 0 Å². The number of hydrogen-bond acceptors (Lipinski definition) is 0. The fraction of sp³-hybridized carbons (Fsp3) is 1.00. The largest absolute Gasteiger partial charge is 0.0863 e. The zero-order valence-electron chi connectivity index (χ0n) is 13.2. The molecule has 4 heteroatoms. The van der Waals surface area contributed by atoms with Gasteiger partial charge in [0.25, 0.3) is 0 Å². The van der Waals surface area contributed by atoms with Crippen molar-refractivity contribution < 1.29 is 0 Å². The molecular formula is C16H32I4. The van der Waals surface area contributed by atoms with Crippen molar-refractivity contribution in [3.63, 3.8) is 0 Å². The van der Waals surface area contributed by atoms with E-state index in [1.807, 2.05) is 0 Å². The zero-order chi connectivity index (χ0) is 15.6. The summed E-state index contributed by atoms with van der Waals surface area (Å²) in [6.07, 6.45) is 14.1. The van der Waals surface area contributed by atoms with Gasteiger partial charge in [-0.05, 0) is 19.3 Å². The number of halogens is 4. The molecule has 0 N–H and O–H groups in total. The second-order valence-electron chi connectivity index (χ2n) is 5.17. The van der Waals surface area contributed by atoms with Crippen molar-refractivity contribution in [2.24, 2.45) is 0 Å². The van der Waals surface area contributed by atoms with Crippen LogP contribution in [0.3, 0.4) is 0 Å². The Hall–Kier alpha value is 2.92. The highest BCUT2D eigenvalue weighted by atomic mass is 127. The van der Waals surface area contributed by atoms with Crippen LogP contribution < -0.4 is 0 Å². The van der Waals surface area contributed by atoms with Crippen molar-refractivity contribution in [1.29, 1.82) is 0 Å². The van der Waals surface area contributed by atoms with Gasteiger partial charge >= 0.3 is 0 Å². The lowest BCUT2D eigenvalue weighted by Crippen LogP contribution is -1.97. The van der Waals surface area contributed by atoms with Crippen molar-refractivity contribution >= 4 is 90.4 Å². The Bertz CT molecular complexity index is 165. The molecule has 0 amide bonds. The highest BCUT2D eigenvalue weighted by Gasteiger charge is 2.01. The van der Waals surface area contributed by atoms with Crippen molar-refractivity contribution in [2.45, 2.75) is 85.9 Å². The monoisotopic (exact) mass is 732 g/mol. The molecule has 0 aromatic carbocycles. The molecular weight excluding hydrogens is 700 g/mol. The molecule has 0 spiro atoms. The minimum atomic E-state index is 0.912. The fourth-order valence-corrected chi connectivity index (χ4v) is 5.32. The normalized spacial score (nSPS) is 13.5. The first-order chi connectivity index (χ1) is 9.62. The van der Waals surface area contributed by atoms with Gasteiger partial charge in [0.15, 0.2) is 0 Å². The summed E-state index contributed by atoms with van der Waals surface area (Å²) in [7, 11) is 0. The average molecular weight is 732 g/mol. The lowest BCUT2D eigenvalue weighted by molar-refractivity contribution is 0.640. The standard InChI is InChI=1S/2C8H16I2/c1-2-3-4-5-8(10)6-7-9;1-2-3-4-5-6-8(10)7-9/h2*8H,2-7H2,1H3. The number of rotatable bonds is 12. The van der Waals surface area contributed by atoms with Crippen LogP contribution in [-0.2, 0) is 0 Å². The molecule has 0 aromatic heterocycles. The van der Waals surface area contributed by atoms with Gasteiger partial charge in [0.1, 0.15) is 0 Å². The van der Waals surface area contributed by atoms with Crippen LogP contribution in [0.1, 0.15) is 78.1 Å². The first-order valence-electron chi connectivity index (χ1n) is 8.02. The molecule has 0 aromatic rings. The van der Waals surface area contributed by atoms with E-state index in [9.17, 15) is 0 Å². The van der Waals surface area contributed by atoms with Crippen LogP contribution in [-0.4, -0.2) is 16.7 Å². The summed E-state index contributed by atoms with van der Waals surface area (Å²) in [5.41, 5.74) is 0. The molecule has 2 unspecified atom stereocenters. The van der Waals surface area contributed by atoms with Crippen LogP contribution in [0.25, 0.3) is 0 Å². The first kappa shape index (κ1) is 25.2. The van der Waals surface area contributed by atoms with Gasteiger partial charge in [-0.15, -0.1) is 0 Å². The van der Waals surface area contributed by atoms with E-state index in [1.165, 1.54) is 73.1 Å². The van der Waals surface area contributed by atoms with Crippen molar-refractivity contribution in [3.05, 3.63) is 0 Å². The SMILES string of the molecule is CCCCCC(I)CCI.CCCCCCC(I)CI. The van der Waals surface area contributed by atoms with Gasteiger partial charge in [-0.1, -0.05) is 149 Å². The average Bonchev–Trinajstić information content (AvgIpc) is 2.44. The Morgan fingerprint density at radius 2 is 1.15 bits per heavy atom. The van der Waals surface area contributed by atoms with Gasteiger partial charge in [-0.25, -0.2) is 0 Å². The Kier molecular flexibility index (Phi) is 27.6. The van der Waals surface area contributed by atoms with E-state index in [-0.39, 0.29) is 0 Å². The maximum absolute atomic E-state index is 2.58. The predicted molar refractivity (Wildman–Crippen MR) is 131 cm³/mol. The van der Waals surface area contributed by atoms with Crippen LogP contribution in [0.5, 0.6) is 0 Å². The number of alkyl halides is 4. The van der Waals surface area contributed by atoms with Gasteiger partial charge in [0.05, 0.1) is 0 Å². The van der Waals surface area contributed by atoms with E-state index in [0.717, 1.165) is 7.85 Å². The molecule has 124 valence electrons. The molecule has 20 heavy (non-hydrogen) atoms. The fourth-order valence-electron chi connectivity index (χ4n) is 1.75. The summed E-state index contributed by atoms with van der Waals surface area (Å²) >= 11 is 10.1. The van der Waals surface area contributed by atoms with Gasteiger partial charge in [-0.3, -0.25) is 0 Å². The molecule has 0 aliphatic heterocycles. The second kappa shape index (κ2) is 21.9. The van der Waals surface area contributed by atoms with E-state index < -0.39 is 0 Å². The Balaban J connectivity index is 0. The lowest BCUT2D eigenvalue weighted by Gasteiger charge is -2.05. The Morgan fingerprint density at radius 1 is 0.650 bits per heavy atom. The van der Waals surface area contributed by atoms with Gasteiger partial charge in [-0.2, -0.15) is 0 Å². The van der Waals surface area contributed by atoms with Crippen molar-refractivity contribution in [3.8, 4) is 0 Å². The van der Waals surface area contributed by atoms with Crippen LogP contribution in [0.15, 0.2) is 0 Å². The third-order valence-electron chi connectivity index (χ3n) is 3.08. The van der Waals surface area contributed by atoms with E-state index in [0.29, 0.717) is 0 Å². The van der Waals surface area contributed by atoms with Crippen LogP contribution in [0.4, 0.5) is 0 Å². The molecule has 0 nitrogen and oxygen atoms in total. The van der Waals surface area contributed by atoms with Gasteiger partial charge in [0, 0.05) is 16.7 Å². The molecule has 0 saturated heterocycles. The molecule has 0 saturated carbocycles. The maximum atomic E-state index is 2.58. The summed E-state index contributed by atoms with van der Waals surface area (Å²) in [5.74, 6) is 0. The second-order valence-corrected chi connectivity index (χ2v) is 10.7. The van der Waals surface area contributed by atoms with Crippen LogP contribution in [0.2, 0.25) is 0 Å². The van der Waals surface area contributed by atoms with Gasteiger partial charge < -0.3 is 0 Å². The summed E-state index contributed by atoms with van der Waals surface area (Å²) in [6.45, 7) is 4.53. The molecule has 2 atom stereocenters. The molecule has 0 aliphatic carbocycles. The highest BCUT2D eigenvalue weighted by molar-refractivity contribution is 14.1. The maximum Gasteiger partial charge on any atom is 0.0199 e. The van der Waals surface area contributed by atoms with E-state index >= 15 is 0 Å². The predicted octanol–water partition coefficient (Wildman–Crippen LogP) is 8.39. The third-order valence-corrected chi connectivity index (χ3v) is 8.76.